The molecular formula is C3H11HfO2-. The van der Waals surface area contributed by atoms with Crippen molar-refractivity contribution >= 4 is 0 Å². The summed E-state index contributed by atoms with van der Waals surface area (Å²) in [6.07, 6.45) is 1.00. The van der Waals surface area contributed by atoms with E-state index < -0.39 is 0 Å². The van der Waals surface area contributed by atoms with E-state index >= 15 is 0 Å². The van der Waals surface area contributed by atoms with Crippen molar-refractivity contribution in [1.82, 2.24) is 0 Å². The summed E-state index contributed by atoms with van der Waals surface area (Å²) in [5.74, 6) is 0. The normalized spacial score (nSPS) is 3.00. The van der Waals surface area contributed by atoms with Crippen molar-refractivity contribution in [3.05, 3.63) is 6.92 Å². The first-order valence-corrected chi connectivity index (χ1v) is 1.21. The summed E-state index contributed by atoms with van der Waals surface area (Å²) in [7, 11) is 0. The summed E-state index contributed by atoms with van der Waals surface area (Å²) in [6, 6.07) is 0. The zero-order valence-corrected chi connectivity index (χ0v) is 7.51. The molecule has 0 aliphatic heterocycles. The van der Waals surface area contributed by atoms with Gasteiger partial charge in [0, 0.05) is 25.8 Å². The Bertz CT molecular complexity index is 8.75. The summed E-state index contributed by atoms with van der Waals surface area (Å²) in [4.78, 5) is 0. The molecule has 0 heterocycles. The molecule has 2 nitrogen and oxygen atoms in total. The van der Waals surface area contributed by atoms with Crippen molar-refractivity contribution in [3.8, 4) is 0 Å². The third-order valence-corrected chi connectivity index (χ3v) is 0. The third kappa shape index (κ3) is 110. The largest absolute Gasteiger partial charge is 0.412 e. The summed E-state index contributed by atoms with van der Waals surface area (Å²) < 4.78 is 0. The molecule has 40 valence electrons. The minimum Gasteiger partial charge on any atom is -0.412 e. The first-order chi connectivity index (χ1) is 1.41. The minimum atomic E-state index is 0. The molecule has 0 rings (SSSR count). The van der Waals surface area contributed by atoms with Crippen LogP contribution >= 0.6 is 0 Å². The summed E-state index contributed by atoms with van der Waals surface area (Å²) in [5, 5.41) is 0. The van der Waals surface area contributed by atoms with Gasteiger partial charge in [0.15, 0.2) is 0 Å². The Balaban J connectivity index is -0.00000000667. The van der Waals surface area contributed by atoms with Crippen molar-refractivity contribution in [2.45, 2.75) is 13.3 Å². The molecule has 6 heavy (non-hydrogen) atoms. The fourth-order valence-corrected chi connectivity index (χ4v) is 0. The monoisotopic (exact) mass is 259 g/mol. The first kappa shape index (κ1) is 29.2. The number of rotatable bonds is 0. The smallest absolute Gasteiger partial charge is 0 e. The van der Waals surface area contributed by atoms with E-state index in [0.717, 1.165) is 6.42 Å². The average molecular weight is 258 g/mol. The Morgan fingerprint density at radius 2 is 1.33 bits per heavy atom. The minimum absolute atomic E-state index is 0. The molecule has 0 radical (unpaired) electrons. The van der Waals surface area contributed by atoms with Crippen molar-refractivity contribution < 1.29 is 36.8 Å². The molecule has 0 saturated heterocycles. The van der Waals surface area contributed by atoms with Crippen LogP contribution in [0.3, 0.4) is 0 Å². The molecule has 0 amide bonds. The molecule has 0 aliphatic carbocycles. The zero-order valence-electron chi connectivity index (χ0n) is 3.91. The van der Waals surface area contributed by atoms with Crippen molar-refractivity contribution in [2.75, 3.05) is 0 Å². The van der Waals surface area contributed by atoms with Gasteiger partial charge in [-0.25, -0.2) is 0 Å². The van der Waals surface area contributed by atoms with E-state index in [4.69, 9.17) is 0 Å². The van der Waals surface area contributed by atoms with Crippen LogP contribution in [0.2, 0.25) is 0 Å². The Kier molecular flexibility index (Phi) is 202. The van der Waals surface area contributed by atoms with Crippen molar-refractivity contribution in [2.24, 2.45) is 0 Å². The van der Waals surface area contributed by atoms with Crippen LogP contribution in [0, 0.1) is 6.92 Å². The predicted octanol–water partition coefficient (Wildman–Crippen LogP) is -0.421. The molecule has 0 aromatic heterocycles. The van der Waals surface area contributed by atoms with E-state index in [2.05, 4.69) is 6.92 Å². The van der Waals surface area contributed by atoms with Gasteiger partial charge in [-0.3, -0.25) is 0 Å². The molecule has 0 bridgehead atoms. The van der Waals surface area contributed by atoms with Crippen LogP contribution in [-0.2, 0) is 25.8 Å². The molecule has 0 aliphatic rings. The first-order valence-electron chi connectivity index (χ1n) is 1.21. The van der Waals surface area contributed by atoms with Gasteiger partial charge in [-0.2, -0.15) is 6.42 Å². The Morgan fingerprint density at radius 1 is 1.33 bits per heavy atom. The fraction of sp³-hybridized carbons (Fsp3) is 0.667. The molecule has 0 unspecified atom stereocenters. The van der Waals surface area contributed by atoms with Crippen LogP contribution in [0.5, 0.6) is 0 Å². The molecule has 0 spiro atoms. The second kappa shape index (κ2) is 41.5. The van der Waals surface area contributed by atoms with Gasteiger partial charge in [-0.1, -0.05) is 6.92 Å². The van der Waals surface area contributed by atoms with E-state index in [1.807, 2.05) is 6.92 Å². The molecule has 0 aromatic carbocycles. The van der Waals surface area contributed by atoms with Gasteiger partial charge >= 0.3 is 0 Å². The molecule has 0 fully saturated rings. The number of hydrogen-bond acceptors (Lipinski definition) is 0. The van der Waals surface area contributed by atoms with Gasteiger partial charge in [0.25, 0.3) is 0 Å². The van der Waals surface area contributed by atoms with Gasteiger partial charge in [0.1, 0.15) is 0 Å². The van der Waals surface area contributed by atoms with E-state index in [9.17, 15) is 0 Å². The van der Waals surface area contributed by atoms with Gasteiger partial charge in [-0.15, -0.1) is 0 Å². The van der Waals surface area contributed by atoms with E-state index in [1.54, 1.807) is 0 Å². The zero-order chi connectivity index (χ0) is 2.71. The summed E-state index contributed by atoms with van der Waals surface area (Å²) in [5.41, 5.74) is 0. The predicted molar refractivity (Wildman–Crippen MR) is 22.9 cm³/mol. The number of hydrogen-bond donors (Lipinski definition) is 0. The third-order valence-electron chi connectivity index (χ3n) is 0. The molecular weight excluding hydrogens is 247 g/mol. The Morgan fingerprint density at radius 3 is 1.33 bits per heavy atom. The average Bonchev–Trinajstić information content (AvgIpc) is 0.918. The quantitative estimate of drug-likeness (QED) is 0.418. The maximum absolute atomic E-state index is 3.49. The topological polar surface area (TPSA) is 63.0 Å². The fourth-order valence-electron chi connectivity index (χ4n) is 0. The van der Waals surface area contributed by atoms with E-state index in [-0.39, 0.29) is 36.8 Å². The van der Waals surface area contributed by atoms with Crippen LogP contribution in [-0.4, -0.2) is 11.0 Å². The SMILES string of the molecule is O.O.[CH2-]CC.[Hf]. The summed E-state index contributed by atoms with van der Waals surface area (Å²) >= 11 is 0. The van der Waals surface area contributed by atoms with Gasteiger partial charge < -0.3 is 17.9 Å². The van der Waals surface area contributed by atoms with Crippen molar-refractivity contribution in [3.63, 3.8) is 0 Å². The van der Waals surface area contributed by atoms with Crippen LogP contribution < -0.4 is 0 Å². The molecule has 3 heteroatoms. The van der Waals surface area contributed by atoms with Crippen molar-refractivity contribution in [1.29, 1.82) is 0 Å². The Labute approximate surface area is 57.3 Å². The summed E-state index contributed by atoms with van der Waals surface area (Å²) in [6.45, 7) is 5.50. The van der Waals surface area contributed by atoms with E-state index in [1.165, 1.54) is 0 Å². The van der Waals surface area contributed by atoms with Gasteiger partial charge in [-0.05, 0) is 0 Å². The second-order valence-corrected chi connectivity index (χ2v) is 0.500. The van der Waals surface area contributed by atoms with Gasteiger partial charge in [0.2, 0.25) is 0 Å². The Hall–Kier alpha value is 0.790. The standard InChI is InChI=1S/C3H7.Hf.2H2O/c1-3-2;;;/h1,3H2,2H3;;2*1H2/q-1;;;. The van der Waals surface area contributed by atoms with E-state index in [0.29, 0.717) is 0 Å². The van der Waals surface area contributed by atoms with Crippen LogP contribution in [0.15, 0.2) is 0 Å². The molecule has 0 saturated carbocycles. The molecule has 0 atom stereocenters. The van der Waals surface area contributed by atoms with Crippen LogP contribution in [0.4, 0.5) is 0 Å². The van der Waals surface area contributed by atoms with Gasteiger partial charge in [0.05, 0.1) is 0 Å². The maximum Gasteiger partial charge on any atom is 0 e. The van der Waals surface area contributed by atoms with Crippen LogP contribution in [0.25, 0.3) is 0 Å². The van der Waals surface area contributed by atoms with Crippen LogP contribution in [0.1, 0.15) is 13.3 Å². The molecule has 4 N–H and O–H groups in total. The second-order valence-electron chi connectivity index (χ2n) is 0.500. The molecule has 0 aromatic rings. The maximum atomic E-state index is 3.49.